The number of halogens is 1. The van der Waals surface area contributed by atoms with Gasteiger partial charge in [-0.1, -0.05) is 25.7 Å². The number of rotatable bonds is 4. The third-order valence-electron chi connectivity index (χ3n) is 3.53. The fourth-order valence-electron chi connectivity index (χ4n) is 1.73. The van der Waals surface area contributed by atoms with Gasteiger partial charge < -0.3 is 11.1 Å². The van der Waals surface area contributed by atoms with Gasteiger partial charge in [0.2, 0.25) is 0 Å². The van der Waals surface area contributed by atoms with E-state index < -0.39 is 5.82 Å². The molecule has 0 atom stereocenters. The van der Waals surface area contributed by atoms with Gasteiger partial charge in [0, 0.05) is 11.1 Å². The molecule has 0 saturated heterocycles. The van der Waals surface area contributed by atoms with Crippen LogP contribution in [0.3, 0.4) is 0 Å². The monoisotopic (exact) mass is 276 g/mol. The Morgan fingerprint density at radius 2 is 2.05 bits per heavy atom. The quantitative estimate of drug-likeness (QED) is 0.830. The van der Waals surface area contributed by atoms with Gasteiger partial charge in [0.15, 0.2) is 0 Å². The van der Waals surface area contributed by atoms with Crippen molar-refractivity contribution in [1.82, 2.24) is 5.32 Å². The number of hydrogen-bond donors (Lipinski definition) is 2. The van der Waals surface area contributed by atoms with Gasteiger partial charge in [-0.3, -0.25) is 4.79 Å². The Balaban J connectivity index is 3.11. The first-order valence-corrected chi connectivity index (χ1v) is 6.76. The average molecular weight is 276 g/mol. The highest BCUT2D eigenvalue weighted by Gasteiger charge is 2.23. The van der Waals surface area contributed by atoms with Crippen LogP contribution in [-0.2, 0) is 0 Å². The summed E-state index contributed by atoms with van der Waals surface area (Å²) in [5.41, 5.74) is 5.76. The van der Waals surface area contributed by atoms with E-state index in [-0.39, 0.29) is 23.6 Å². The number of amides is 1. The normalized spacial score (nSPS) is 10.7. The van der Waals surface area contributed by atoms with Crippen molar-refractivity contribution in [2.24, 2.45) is 5.73 Å². The van der Waals surface area contributed by atoms with E-state index >= 15 is 0 Å². The van der Waals surface area contributed by atoms with Crippen LogP contribution in [0.2, 0.25) is 0 Å². The molecule has 3 N–H and O–H groups in total. The van der Waals surface area contributed by atoms with E-state index in [1.54, 1.807) is 0 Å². The van der Waals surface area contributed by atoms with Crippen LogP contribution in [0.1, 0.15) is 49.5 Å². The van der Waals surface area contributed by atoms with Crippen LogP contribution in [0.4, 0.5) is 4.39 Å². The number of carbonyl (C=O) groups excluding carboxylic acids is 1. The maximum atomic E-state index is 13.4. The third-order valence-corrected chi connectivity index (χ3v) is 3.53. The molecule has 0 aromatic heterocycles. The molecule has 1 aromatic carbocycles. The van der Waals surface area contributed by atoms with Gasteiger partial charge in [0.05, 0.1) is 12.1 Å². The summed E-state index contributed by atoms with van der Waals surface area (Å²) in [4.78, 5) is 12.3. The molecule has 0 radical (unpaired) electrons. The molecule has 1 aromatic rings. The fraction of sp³-hybridized carbons (Fsp3) is 0.438. The van der Waals surface area contributed by atoms with Gasteiger partial charge in [0.1, 0.15) is 5.82 Å². The summed E-state index contributed by atoms with van der Waals surface area (Å²) in [6.45, 7) is 6.17. The second-order valence-corrected chi connectivity index (χ2v) is 4.92. The van der Waals surface area contributed by atoms with Crippen molar-refractivity contribution in [3.8, 4) is 11.8 Å². The van der Waals surface area contributed by atoms with E-state index in [0.717, 1.165) is 12.8 Å². The number of nitrogens with one attached hydrogen (secondary N) is 1. The Bertz CT molecular complexity index is 539. The number of hydrogen-bond acceptors (Lipinski definition) is 2. The first-order valence-electron chi connectivity index (χ1n) is 6.76. The lowest BCUT2D eigenvalue weighted by Crippen LogP contribution is -2.45. The summed E-state index contributed by atoms with van der Waals surface area (Å²) in [6, 6.07) is 4.00. The van der Waals surface area contributed by atoms with E-state index in [9.17, 15) is 9.18 Å². The van der Waals surface area contributed by atoms with E-state index in [1.165, 1.54) is 18.2 Å². The molecule has 20 heavy (non-hydrogen) atoms. The Kier molecular flexibility index (Phi) is 5.72. The molecule has 3 nitrogen and oxygen atoms in total. The summed E-state index contributed by atoms with van der Waals surface area (Å²) >= 11 is 0. The van der Waals surface area contributed by atoms with Crippen molar-refractivity contribution in [3.05, 3.63) is 35.1 Å². The summed E-state index contributed by atoms with van der Waals surface area (Å²) in [5, 5.41) is 2.95. The zero-order chi connectivity index (χ0) is 15.2. The van der Waals surface area contributed by atoms with Crippen LogP contribution in [0.25, 0.3) is 0 Å². The Labute approximate surface area is 119 Å². The van der Waals surface area contributed by atoms with Gasteiger partial charge in [-0.05, 0) is 38.0 Å². The van der Waals surface area contributed by atoms with Crippen molar-refractivity contribution >= 4 is 5.91 Å². The zero-order valence-electron chi connectivity index (χ0n) is 12.2. The number of nitrogens with two attached hydrogens (primary N) is 1. The largest absolute Gasteiger partial charge is 0.347 e. The van der Waals surface area contributed by atoms with E-state index in [0.29, 0.717) is 5.56 Å². The molecule has 0 heterocycles. The molecule has 4 heteroatoms. The topological polar surface area (TPSA) is 55.1 Å². The lowest BCUT2D eigenvalue weighted by Gasteiger charge is -2.28. The standard InChI is InChI=1S/C16H21FN2O/c1-4-16(3,5-2)19-15(20)14-11-13(17)9-8-12(14)7-6-10-18/h8-9,11H,4-5,10,18H2,1-3H3,(H,19,20). The molecule has 108 valence electrons. The zero-order valence-corrected chi connectivity index (χ0v) is 12.2. The Morgan fingerprint density at radius 1 is 1.40 bits per heavy atom. The van der Waals surface area contributed by atoms with Gasteiger partial charge in [-0.25, -0.2) is 4.39 Å². The van der Waals surface area contributed by atoms with Crippen molar-refractivity contribution in [2.75, 3.05) is 6.54 Å². The van der Waals surface area contributed by atoms with Gasteiger partial charge in [0.25, 0.3) is 5.91 Å². The fourth-order valence-corrected chi connectivity index (χ4v) is 1.73. The summed E-state index contributed by atoms with van der Waals surface area (Å²) in [6.07, 6.45) is 1.60. The lowest BCUT2D eigenvalue weighted by molar-refractivity contribution is 0.0900. The molecule has 1 amide bonds. The van der Waals surface area contributed by atoms with Crippen molar-refractivity contribution in [2.45, 2.75) is 39.2 Å². The van der Waals surface area contributed by atoms with Crippen molar-refractivity contribution in [1.29, 1.82) is 0 Å². The molecular weight excluding hydrogens is 255 g/mol. The molecule has 0 fully saturated rings. The molecule has 0 aliphatic heterocycles. The maximum absolute atomic E-state index is 13.4. The lowest BCUT2D eigenvalue weighted by atomic mass is 9.94. The smallest absolute Gasteiger partial charge is 0.253 e. The maximum Gasteiger partial charge on any atom is 0.253 e. The van der Waals surface area contributed by atoms with Crippen LogP contribution in [-0.4, -0.2) is 18.0 Å². The predicted octanol–water partition coefficient (Wildman–Crippen LogP) is 2.44. The Morgan fingerprint density at radius 3 is 2.60 bits per heavy atom. The first kappa shape index (κ1) is 16.2. The number of benzene rings is 1. The average Bonchev–Trinajstić information content (AvgIpc) is 2.45. The minimum absolute atomic E-state index is 0.195. The molecule has 1 rings (SSSR count). The minimum Gasteiger partial charge on any atom is -0.347 e. The summed E-state index contributed by atoms with van der Waals surface area (Å²) < 4.78 is 13.4. The van der Waals surface area contributed by atoms with Crippen LogP contribution in [0, 0.1) is 17.7 Å². The molecule has 0 aliphatic carbocycles. The molecule has 0 unspecified atom stereocenters. The second-order valence-electron chi connectivity index (χ2n) is 4.92. The third kappa shape index (κ3) is 4.07. The first-order chi connectivity index (χ1) is 9.45. The molecule has 0 aliphatic rings. The highest BCUT2D eigenvalue weighted by atomic mass is 19.1. The highest BCUT2D eigenvalue weighted by molar-refractivity contribution is 5.97. The van der Waals surface area contributed by atoms with Crippen LogP contribution in [0.15, 0.2) is 18.2 Å². The molecule has 0 spiro atoms. The number of carbonyl (C=O) groups is 1. The predicted molar refractivity (Wildman–Crippen MR) is 78.8 cm³/mol. The van der Waals surface area contributed by atoms with E-state index in [4.69, 9.17) is 5.73 Å². The van der Waals surface area contributed by atoms with E-state index in [1.807, 2.05) is 20.8 Å². The molecule has 0 bridgehead atoms. The second kappa shape index (κ2) is 7.06. The molecular formula is C16H21FN2O. The van der Waals surface area contributed by atoms with Gasteiger partial charge >= 0.3 is 0 Å². The van der Waals surface area contributed by atoms with Crippen LogP contribution < -0.4 is 11.1 Å². The van der Waals surface area contributed by atoms with Crippen molar-refractivity contribution in [3.63, 3.8) is 0 Å². The minimum atomic E-state index is -0.455. The summed E-state index contributed by atoms with van der Waals surface area (Å²) in [7, 11) is 0. The summed E-state index contributed by atoms with van der Waals surface area (Å²) in [5.74, 6) is 4.72. The molecule has 0 saturated carbocycles. The highest BCUT2D eigenvalue weighted by Crippen LogP contribution is 2.17. The van der Waals surface area contributed by atoms with Crippen LogP contribution in [0.5, 0.6) is 0 Å². The van der Waals surface area contributed by atoms with Crippen LogP contribution >= 0.6 is 0 Å². The van der Waals surface area contributed by atoms with Gasteiger partial charge in [-0.2, -0.15) is 0 Å². The SMILES string of the molecule is CCC(C)(CC)NC(=O)c1cc(F)ccc1C#CCN. The van der Waals surface area contributed by atoms with Gasteiger partial charge in [-0.15, -0.1) is 0 Å². The van der Waals surface area contributed by atoms with Crippen molar-refractivity contribution < 1.29 is 9.18 Å². The van der Waals surface area contributed by atoms with E-state index in [2.05, 4.69) is 17.2 Å². The Hall–Kier alpha value is -1.86.